The third-order valence-electron chi connectivity index (χ3n) is 5.57. The molecule has 10 heteroatoms. The molecular formula is C23H29N6O4+. The molecule has 3 amide bonds. The Morgan fingerprint density at radius 3 is 2.55 bits per heavy atom. The van der Waals surface area contributed by atoms with Crippen LogP contribution in [-0.2, 0) is 11.3 Å². The standard InChI is InChI=1S/C23H28N6O4/c1-23(2,3)33-22(32)28(14-13-27-18-10-6-4-8-16(18)25-20(27)30)29(15-12-24)19-11-7-5-9-17(19)26-21(29)31/h4-11H,12-15,24H2,1-3H3,(H-,25,26,30,31)/p+1. The minimum Gasteiger partial charge on any atom is -0.441 e. The van der Waals surface area contributed by atoms with E-state index in [-0.39, 0.29) is 31.9 Å². The molecule has 1 atom stereocenters. The Balaban J connectivity index is 1.79. The number of carbonyl (C=O) groups is 2. The van der Waals surface area contributed by atoms with E-state index in [1.54, 1.807) is 43.5 Å². The summed E-state index contributed by atoms with van der Waals surface area (Å²) in [5.41, 5.74) is 7.47. The second-order valence-corrected chi connectivity index (χ2v) is 8.93. The van der Waals surface area contributed by atoms with Crippen molar-refractivity contribution < 1.29 is 14.3 Å². The zero-order valence-electron chi connectivity index (χ0n) is 19.0. The van der Waals surface area contributed by atoms with Crippen LogP contribution < -0.4 is 21.3 Å². The van der Waals surface area contributed by atoms with Gasteiger partial charge in [-0.2, -0.15) is 0 Å². The van der Waals surface area contributed by atoms with Crippen molar-refractivity contribution in [1.29, 1.82) is 0 Å². The Bertz CT molecular complexity index is 1260. The number of benzene rings is 2. The number of amides is 3. The molecule has 0 bridgehead atoms. The summed E-state index contributed by atoms with van der Waals surface area (Å²) in [7, 11) is 0. The van der Waals surface area contributed by atoms with Crippen LogP contribution in [0.15, 0.2) is 53.3 Å². The van der Waals surface area contributed by atoms with Gasteiger partial charge in [-0.3, -0.25) is 9.88 Å². The highest BCUT2D eigenvalue weighted by Crippen LogP contribution is 2.40. The Kier molecular flexibility index (Phi) is 5.73. The van der Waals surface area contributed by atoms with Crippen molar-refractivity contribution in [2.24, 2.45) is 5.73 Å². The molecule has 0 saturated heterocycles. The molecule has 0 fully saturated rings. The molecule has 0 radical (unpaired) electrons. The predicted molar refractivity (Wildman–Crippen MR) is 127 cm³/mol. The molecule has 174 valence electrons. The van der Waals surface area contributed by atoms with Gasteiger partial charge in [0.15, 0.2) is 5.69 Å². The van der Waals surface area contributed by atoms with E-state index < -0.39 is 22.3 Å². The van der Waals surface area contributed by atoms with Crippen molar-refractivity contribution >= 4 is 34.5 Å². The van der Waals surface area contributed by atoms with Crippen molar-refractivity contribution in [3.63, 3.8) is 0 Å². The number of hydrogen-bond acceptors (Lipinski definition) is 5. The number of aromatic amines is 1. The van der Waals surface area contributed by atoms with E-state index in [2.05, 4.69) is 10.3 Å². The van der Waals surface area contributed by atoms with Crippen LogP contribution in [0.2, 0.25) is 0 Å². The molecule has 10 nitrogen and oxygen atoms in total. The second kappa shape index (κ2) is 8.38. The minimum absolute atomic E-state index is 0.0401. The normalized spacial score (nSPS) is 17.6. The van der Waals surface area contributed by atoms with Crippen LogP contribution in [0.3, 0.4) is 0 Å². The lowest BCUT2D eigenvalue weighted by Gasteiger charge is -2.39. The fourth-order valence-electron chi connectivity index (χ4n) is 4.23. The van der Waals surface area contributed by atoms with Crippen LogP contribution >= 0.6 is 0 Å². The highest BCUT2D eigenvalue weighted by Gasteiger charge is 2.55. The van der Waals surface area contributed by atoms with Crippen molar-refractivity contribution in [1.82, 2.24) is 19.2 Å². The number of aromatic nitrogens is 2. The summed E-state index contributed by atoms with van der Waals surface area (Å²) >= 11 is 0. The average Bonchev–Trinajstić information content (AvgIpc) is 3.21. The molecule has 2 heterocycles. The van der Waals surface area contributed by atoms with Gasteiger partial charge < -0.3 is 15.5 Å². The molecule has 33 heavy (non-hydrogen) atoms. The zero-order chi connectivity index (χ0) is 23.8. The Hall–Kier alpha value is -3.63. The molecule has 1 aliphatic rings. The summed E-state index contributed by atoms with van der Waals surface area (Å²) in [5, 5.41) is 4.21. The lowest BCUT2D eigenvalue weighted by molar-refractivity contribution is -0.0244. The highest BCUT2D eigenvalue weighted by molar-refractivity contribution is 6.08. The van der Waals surface area contributed by atoms with Crippen LogP contribution in [0, 0.1) is 0 Å². The monoisotopic (exact) mass is 453 g/mol. The number of nitrogens with one attached hydrogen (secondary N) is 2. The van der Waals surface area contributed by atoms with Gasteiger partial charge in [-0.15, -0.1) is 5.01 Å². The minimum atomic E-state index is -0.782. The maximum atomic E-state index is 13.5. The Labute approximate surface area is 191 Å². The lowest BCUT2D eigenvalue weighted by atomic mass is 10.2. The van der Waals surface area contributed by atoms with E-state index in [0.717, 1.165) is 0 Å². The summed E-state index contributed by atoms with van der Waals surface area (Å²) in [5.74, 6) is 0. The molecule has 4 rings (SSSR count). The van der Waals surface area contributed by atoms with Crippen LogP contribution in [0.25, 0.3) is 11.0 Å². The Morgan fingerprint density at radius 1 is 1.12 bits per heavy atom. The number of quaternary nitrogens is 1. The van der Waals surface area contributed by atoms with E-state index in [1.807, 2.05) is 30.3 Å². The van der Waals surface area contributed by atoms with Crippen LogP contribution in [-0.4, -0.2) is 51.9 Å². The molecular weight excluding hydrogens is 424 g/mol. The lowest BCUT2D eigenvalue weighted by Crippen LogP contribution is -2.68. The van der Waals surface area contributed by atoms with Crippen molar-refractivity contribution in [3.8, 4) is 0 Å². The van der Waals surface area contributed by atoms with Crippen LogP contribution in [0.4, 0.5) is 21.0 Å². The molecule has 2 aromatic carbocycles. The molecule has 1 aliphatic heterocycles. The number of ether oxygens (including phenoxy) is 1. The third kappa shape index (κ3) is 3.98. The number of anilines is 1. The number of H-pyrrole nitrogens is 1. The van der Waals surface area contributed by atoms with Gasteiger partial charge in [-0.25, -0.2) is 14.4 Å². The summed E-state index contributed by atoms with van der Waals surface area (Å²) in [4.78, 5) is 42.3. The van der Waals surface area contributed by atoms with Gasteiger partial charge in [0.05, 0.1) is 24.1 Å². The number of hydrogen-bond donors (Lipinski definition) is 3. The first-order chi connectivity index (χ1) is 15.7. The summed E-state index contributed by atoms with van der Waals surface area (Å²) in [6.45, 7) is 5.77. The van der Waals surface area contributed by atoms with Gasteiger partial charge in [-0.05, 0) is 39.0 Å². The SMILES string of the molecule is CC(C)(C)OC(=O)N(CCn1c(=O)[nH]c2ccccc21)[N+]1(CCN)C(=O)Nc2ccccc21. The van der Waals surface area contributed by atoms with Gasteiger partial charge in [0.25, 0.3) is 0 Å². The van der Waals surface area contributed by atoms with E-state index in [1.165, 1.54) is 5.01 Å². The topological polar surface area (TPSA) is 122 Å². The summed E-state index contributed by atoms with van der Waals surface area (Å²) in [6.07, 6.45) is -0.671. The number of rotatable bonds is 6. The summed E-state index contributed by atoms with van der Waals surface area (Å²) in [6, 6.07) is 14.1. The van der Waals surface area contributed by atoms with Gasteiger partial charge in [0.1, 0.15) is 17.8 Å². The van der Waals surface area contributed by atoms with Gasteiger partial charge in [0, 0.05) is 12.6 Å². The molecule has 4 N–H and O–H groups in total. The quantitative estimate of drug-likeness (QED) is 0.495. The number of carbonyl (C=O) groups excluding carboxylic acids is 2. The van der Waals surface area contributed by atoms with Crippen LogP contribution in [0.5, 0.6) is 0 Å². The van der Waals surface area contributed by atoms with E-state index in [0.29, 0.717) is 22.4 Å². The van der Waals surface area contributed by atoms with Crippen molar-refractivity contribution in [3.05, 3.63) is 59.0 Å². The first-order valence-corrected chi connectivity index (χ1v) is 10.9. The number of urea groups is 1. The number of imidazole rings is 1. The molecule has 1 unspecified atom stereocenters. The first kappa shape index (κ1) is 22.6. The number of para-hydroxylation sites is 4. The second-order valence-electron chi connectivity index (χ2n) is 8.93. The largest absolute Gasteiger partial charge is 0.455 e. The number of fused-ring (bicyclic) bond motifs is 2. The number of nitrogens with two attached hydrogens (primary N) is 1. The molecule has 0 spiro atoms. The fraction of sp³-hybridized carbons (Fsp3) is 0.348. The summed E-state index contributed by atoms with van der Waals surface area (Å²) < 4.78 is 6.78. The van der Waals surface area contributed by atoms with E-state index in [4.69, 9.17) is 10.5 Å². The van der Waals surface area contributed by atoms with E-state index >= 15 is 0 Å². The third-order valence-corrected chi connectivity index (χ3v) is 5.57. The molecule has 0 aliphatic carbocycles. The van der Waals surface area contributed by atoms with Gasteiger partial charge >= 0.3 is 17.8 Å². The maximum Gasteiger partial charge on any atom is 0.455 e. The van der Waals surface area contributed by atoms with Gasteiger partial charge in [0.2, 0.25) is 0 Å². The maximum absolute atomic E-state index is 13.5. The number of nitrogens with zero attached hydrogens (tertiary/aromatic N) is 3. The predicted octanol–water partition coefficient (Wildman–Crippen LogP) is 2.99. The fourth-order valence-corrected chi connectivity index (χ4v) is 4.23. The first-order valence-electron chi connectivity index (χ1n) is 10.9. The van der Waals surface area contributed by atoms with Crippen molar-refractivity contribution in [2.45, 2.75) is 32.9 Å². The van der Waals surface area contributed by atoms with E-state index in [9.17, 15) is 14.4 Å². The molecule has 1 aromatic heterocycles. The molecule has 3 aromatic rings. The van der Waals surface area contributed by atoms with Crippen molar-refractivity contribution in [2.75, 3.05) is 25.0 Å². The van der Waals surface area contributed by atoms with Crippen LogP contribution in [0.1, 0.15) is 20.8 Å². The highest BCUT2D eigenvalue weighted by atomic mass is 16.6. The zero-order valence-corrected chi connectivity index (χ0v) is 19.0. The molecule has 0 saturated carbocycles. The Morgan fingerprint density at radius 2 is 1.82 bits per heavy atom. The average molecular weight is 454 g/mol. The smallest absolute Gasteiger partial charge is 0.441 e. The van der Waals surface area contributed by atoms with Gasteiger partial charge in [-0.1, -0.05) is 28.9 Å².